The van der Waals surface area contributed by atoms with E-state index in [4.69, 9.17) is 0 Å². The Bertz CT molecular complexity index is 756. The van der Waals surface area contributed by atoms with Gasteiger partial charge in [-0.15, -0.1) is 0 Å². The number of nitrogens with one attached hydrogen (secondary N) is 1. The van der Waals surface area contributed by atoms with Gasteiger partial charge in [-0.3, -0.25) is 19.7 Å². The summed E-state index contributed by atoms with van der Waals surface area (Å²) in [6, 6.07) is 17.2. The monoisotopic (exact) mass is 339 g/mol. The molecule has 0 radical (unpaired) electrons. The van der Waals surface area contributed by atoms with E-state index >= 15 is 0 Å². The van der Waals surface area contributed by atoms with Gasteiger partial charge < -0.3 is 0 Å². The van der Waals surface area contributed by atoms with E-state index in [2.05, 4.69) is 5.32 Å². The zero-order valence-corrected chi connectivity index (χ0v) is 13.8. The first-order valence-corrected chi connectivity index (χ1v) is 8.67. The number of amides is 2. The lowest BCUT2D eigenvalue weighted by Crippen LogP contribution is -2.25. The van der Waals surface area contributed by atoms with E-state index in [1.54, 1.807) is 12.1 Å². The van der Waals surface area contributed by atoms with Crippen LogP contribution in [0.4, 0.5) is 4.79 Å². The second-order valence-corrected chi connectivity index (χ2v) is 6.87. The minimum Gasteiger partial charge on any atom is -0.294 e. The fourth-order valence-corrected chi connectivity index (χ4v) is 3.47. The molecule has 1 heterocycles. The molecule has 2 aromatic carbocycles. The van der Waals surface area contributed by atoms with E-state index in [9.17, 15) is 14.4 Å². The number of aryl methyl sites for hydroxylation is 1. The van der Waals surface area contributed by atoms with Crippen LogP contribution < -0.4 is 5.32 Å². The van der Waals surface area contributed by atoms with Gasteiger partial charge in [0.1, 0.15) is 0 Å². The summed E-state index contributed by atoms with van der Waals surface area (Å²) >= 11 is 1.02. The third kappa shape index (κ3) is 4.11. The maximum Gasteiger partial charge on any atom is 0.286 e. The van der Waals surface area contributed by atoms with Gasteiger partial charge in [-0.1, -0.05) is 66.4 Å². The van der Waals surface area contributed by atoms with Crippen LogP contribution in [0.1, 0.15) is 27.9 Å². The molecular weight excluding hydrogens is 322 g/mol. The first-order valence-electron chi connectivity index (χ1n) is 7.79. The van der Waals surface area contributed by atoms with E-state index in [0.29, 0.717) is 18.4 Å². The van der Waals surface area contributed by atoms with Crippen LogP contribution in [0.15, 0.2) is 54.6 Å². The van der Waals surface area contributed by atoms with Gasteiger partial charge in [0.2, 0.25) is 5.91 Å². The fraction of sp³-hybridized carbons (Fsp3) is 0.211. The van der Waals surface area contributed by atoms with Gasteiger partial charge in [0.15, 0.2) is 5.78 Å². The van der Waals surface area contributed by atoms with Crippen LogP contribution >= 0.6 is 11.8 Å². The van der Waals surface area contributed by atoms with Crippen LogP contribution in [-0.2, 0) is 17.6 Å². The quantitative estimate of drug-likeness (QED) is 0.819. The van der Waals surface area contributed by atoms with Crippen LogP contribution in [0.25, 0.3) is 0 Å². The van der Waals surface area contributed by atoms with Crippen molar-refractivity contribution in [2.45, 2.75) is 24.5 Å². The summed E-state index contributed by atoms with van der Waals surface area (Å²) in [4.78, 5) is 35.0. The van der Waals surface area contributed by atoms with Crippen LogP contribution in [0.2, 0.25) is 0 Å². The molecule has 5 heteroatoms. The third-order valence-corrected chi connectivity index (χ3v) is 4.93. The standard InChI is InChI=1S/C19H17NO3S/c21-16(11-8-13-4-2-1-3-5-13)15-9-6-14(7-10-15)12-17-18(22)20-19(23)24-17/h1-7,9-10,17H,8,11-12H2,(H,20,22,23). The van der Waals surface area contributed by atoms with Crippen molar-refractivity contribution >= 4 is 28.7 Å². The maximum atomic E-state index is 12.3. The van der Waals surface area contributed by atoms with Gasteiger partial charge in [0.25, 0.3) is 5.24 Å². The number of imide groups is 1. The molecule has 2 aromatic rings. The van der Waals surface area contributed by atoms with Gasteiger partial charge in [0, 0.05) is 12.0 Å². The van der Waals surface area contributed by atoms with Crippen molar-refractivity contribution in [3.63, 3.8) is 0 Å². The van der Waals surface area contributed by atoms with Crippen LogP contribution in [0, 0.1) is 0 Å². The minimum absolute atomic E-state index is 0.105. The highest BCUT2D eigenvalue weighted by molar-refractivity contribution is 8.15. The zero-order chi connectivity index (χ0) is 16.9. The fourth-order valence-electron chi connectivity index (χ4n) is 2.62. The molecule has 0 aliphatic carbocycles. The van der Waals surface area contributed by atoms with Crippen LogP contribution in [-0.4, -0.2) is 22.2 Å². The highest BCUT2D eigenvalue weighted by atomic mass is 32.2. The van der Waals surface area contributed by atoms with Crippen molar-refractivity contribution < 1.29 is 14.4 Å². The molecule has 1 aliphatic heterocycles. The van der Waals surface area contributed by atoms with E-state index in [0.717, 1.165) is 29.3 Å². The van der Waals surface area contributed by atoms with E-state index < -0.39 is 0 Å². The molecule has 1 aliphatic rings. The Morgan fingerprint density at radius 2 is 1.67 bits per heavy atom. The van der Waals surface area contributed by atoms with Gasteiger partial charge in [-0.2, -0.15) is 0 Å². The molecule has 4 nitrogen and oxygen atoms in total. The highest BCUT2D eigenvalue weighted by Crippen LogP contribution is 2.23. The van der Waals surface area contributed by atoms with Gasteiger partial charge in [0.05, 0.1) is 5.25 Å². The maximum absolute atomic E-state index is 12.3. The normalized spacial score (nSPS) is 16.9. The first-order chi connectivity index (χ1) is 11.6. The van der Waals surface area contributed by atoms with Gasteiger partial charge in [-0.05, 0) is 24.0 Å². The molecule has 1 atom stereocenters. The van der Waals surface area contributed by atoms with E-state index in [1.807, 2.05) is 42.5 Å². The second-order valence-electron chi connectivity index (χ2n) is 5.69. The molecule has 3 rings (SSSR count). The molecule has 1 fully saturated rings. The van der Waals surface area contributed by atoms with Crippen molar-refractivity contribution in [3.8, 4) is 0 Å². The van der Waals surface area contributed by atoms with Gasteiger partial charge >= 0.3 is 0 Å². The molecule has 24 heavy (non-hydrogen) atoms. The summed E-state index contributed by atoms with van der Waals surface area (Å²) in [6.07, 6.45) is 1.68. The molecule has 0 saturated carbocycles. The summed E-state index contributed by atoms with van der Waals surface area (Å²) < 4.78 is 0. The predicted molar refractivity (Wildman–Crippen MR) is 94.2 cm³/mol. The molecule has 0 spiro atoms. The second kappa shape index (κ2) is 7.45. The number of rotatable bonds is 6. The van der Waals surface area contributed by atoms with Crippen molar-refractivity contribution in [1.29, 1.82) is 0 Å². The average molecular weight is 339 g/mol. The Morgan fingerprint density at radius 1 is 0.958 bits per heavy atom. The highest BCUT2D eigenvalue weighted by Gasteiger charge is 2.31. The summed E-state index contributed by atoms with van der Waals surface area (Å²) in [6.45, 7) is 0. The number of hydrogen-bond donors (Lipinski definition) is 1. The molecule has 1 saturated heterocycles. The minimum atomic E-state index is -0.378. The van der Waals surface area contributed by atoms with Gasteiger partial charge in [-0.25, -0.2) is 0 Å². The zero-order valence-electron chi connectivity index (χ0n) is 13.0. The van der Waals surface area contributed by atoms with Crippen molar-refractivity contribution in [1.82, 2.24) is 5.32 Å². The lowest BCUT2D eigenvalue weighted by molar-refractivity contribution is -0.118. The Morgan fingerprint density at radius 3 is 2.29 bits per heavy atom. The Kier molecular flexibility index (Phi) is 5.11. The Hall–Kier alpha value is -2.40. The smallest absolute Gasteiger partial charge is 0.286 e. The largest absolute Gasteiger partial charge is 0.294 e. The topological polar surface area (TPSA) is 63.2 Å². The number of benzene rings is 2. The van der Waals surface area contributed by atoms with Crippen LogP contribution in [0.5, 0.6) is 0 Å². The van der Waals surface area contributed by atoms with E-state index in [1.165, 1.54) is 0 Å². The molecule has 122 valence electrons. The molecule has 1 unspecified atom stereocenters. The van der Waals surface area contributed by atoms with Crippen molar-refractivity contribution in [2.75, 3.05) is 0 Å². The van der Waals surface area contributed by atoms with Crippen molar-refractivity contribution in [2.24, 2.45) is 0 Å². The molecular formula is C19H17NO3S. The lowest BCUT2D eigenvalue weighted by atomic mass is 10.0. The first kappa shape index (κ1) is 16.5. The number of hydrogen-bond acceptors (Lipinski definition) is 4. The Labute approximate surface area is 144 Å². The summed E-state index contributed by atoms with van der Waals surface area (Å²) in [5.41, 5.74) is 2.77. The van der Waals surface area contributed by atoms with Crippen LogP contribution in [0.3, 0.4) is 0 Å². The number of Topliss-reactive ketones (excluding diaryl/α,β-unsaturated/α-hetero) is 1. The summed E-state index contributed by atoms with van der Waals surface area (Å²) in [7, 11) is 0. The lowest BCUT2D eigenvalue weighted by Gasteiger charge is -2.07. The SMILES string of the molecule is O=C1NC(=O)C(Cc2ccc(C(=O)CCc3ccccc3)cc2)S1. The third-order valence-electron chi connectivity index (χ3n) is 3.95. The molecule has 0 bridgehead atoms. The number of carbonyl (C=O) groups is 3. The summed E-state index contributed by atoms with van der Waals surface area (Å²) in [5, 5.41) is 1.61. The molecule has 0 aromatic heterocycles. The van der Waals surface area contributed by atoms with E-state index in [-0.39, 0.29) is 22.2 Å². The van der Waals surface area contributed by atoms with Crippen molar-refractivity contribution in [3.05, 3.63) is 71.3 Å². The molecule has 1 N–H and O–H groups in total. The predicted octanol–water partition coefficient (Wildman–Crippen LogP) is 3.40. The number of ketones is 1. The average Bonchev–Trinajstić information content (AvgIpc) is 2.91. The Balaban J connectivity index is 1.56. The summed E-state index contributed by atoms with van der Waals surface area (Å²) in [5.74, 6) is -0.137. The number of thioether (sulfide) groups is 1. The molecule has 2 amide bonds. The number of carbonyl (C=O) groups excluding carboxylic acids is 3.